The summed E-state index contributed by atoms with van der Waals surface area (Å²) >= 11 is 5.97. The van der Waals surface area contributed by atoms with E-state index in [0.717, 1.165) is 0 Å². The van der Waals surface area contributed by atoms with Crippen LogP contribution in [0.25, 0.3) is 0 Å². The van der Waals surface area contributed by atoms with Gasteiger partial charge in [-0.25, -0.2) is 8.42 Å². The number of ether oxygens (including phenoxy) is 1. The SMILES string of the molecule is C=CCN(CC)S(=O)(=O)c1cc(Cl)cc(CN)c1OC. The second kappa shape index (κ2) is 7.08. The highest BCUT2D eigenvalue weighted by molar-refractivity contribution is 7.89. The van der Waals surface area contributed by atoms with Gasteiger partial charge in [0.25, 0.3) is 0 Å². The topological polar surface area (TPSA) is 72.6 Å². The summed E-state index contributed by atoms with van der Waals surface area (Å²) in [5.41, 5.74) is 6.16. The van der Waals surface area contributed by atoms with E-state index in [2.05, 4.69) is 6.58 Å². The fraction of sp³-hybridized carbons (Fsp3) is 0.385. The number of hydrogen-bond acceptors (Lipinski definition) is 4. The molecule has 5 nitrogen and oxygen atoms in total. The van der Waals surface area contributed by atoms with Crippen molar-refractivity contribution in [1.29, 1.82) is 0 Å². The molecule has 0 aromatic heterocycles. The molecule has 0 radical (unpaired) electrons. The van der Waals surface area contributed by atoms with E-state index < -0.39 is 10.0 Å². The zero-order valence-corrected chi connectivity index (χ0v) is 13.2. The number of sulfonamides is 1. The lowest BCUT2D eigenvalue weighted by Crippen LogP contribution is -2.31. The Kier molecular flexibility index (Phi) is 6.01. The van der Waals surface area contributed by atoms with E-state index in [9.17, 15) is 8.42 Å². The lowest BCUT2D eigenvalue weighted by molar-refractivity contribution is 0.392. The van der Waals surface area contributed by atoms with Crippen molar-refractivity contribution in [1.82, 2.24) is 4.31 Å². The Morgan fingerprint density at radius 3 is 2.60 bits per heavy atom. The van der Waals surface area contributed by atoms with E-state index in [1.165, 1.54) is 23.6 Å². The Morgan fingerprint density at radius 1 is 1.50 bits per heavy atom. The Hall–Kier alpha value is -1.08. The van der Waals surface area contributed by atoms with Gasteiger partial charge in [0.05, 0.1) is 7.11 Å². The summed E-state index contributed by atoms with van der Waals surface area (Å²) < 4.78 is 31.8. The summed E-state index contributed by atoms with van der Waals surface area (Å²) in [6.07, 6.45) is 1.53. The van der Waals surface area contributed by atoms with Crippen molar-refractivity contribution in [2.75, 3.05) is 20.2 Å². The monoisotopic (exact) mass is 318 g/mol. The van der Waals surface area contributed by atoms with Gasteiger partial charge in [-0.2, -0.15) is 4.31 Å². The third-order valence-corrected chi connectivity index (χ3v) is 4.99. The van der Waals surface area contributed by atoms with E-state index in [1.54, 1.807) is 13.0 Å². The van der Waals surface area contributed by atoms with E-state index in [0.29, 0.717) is 17.1 Å². The van der Waals surface area contributed by atoms with Crippen LogP contribution in [0.3, 0.4) is 0 Å². The summed E-state index contributed by atoms with van der Waals surface area (Å²) in [5.74, 6) is 0.236. The van der Waals surface area contributed by atoms with Crippen LogP contribution in [0.1, 0.15) is 12.5 Å². The average Bonchev–Trinajstić information content (AvgIpc) is 2.43. The Balaban J connectivity index is 3.51. The van der Waals surface area contributed by atoms with Crippen molar-refractivity contribution < 1.29 is 13.2 Å². The number of methoxy groups -OCH3 is 1. The van der Waals surface area contributed by atoms with Crippen molar-refractivity contribution >= 4 is 21.6 Å². The van der Waals surface area contributed by atoms with Crippen LogP contribution in [0.2, 0.25) is 5.02 Å². The molecule has 0 fully saturated rings. The van der Waals surface area contributed by atoms with Gasteiger partial charge in [-0.05, 0) is 12.1 Å². The quantitative estimate of drug-likeness (QED) is 0.780. The largest absolute Gasteiger partial charge is 0.495 e. The van der Waals surface area contributed by atoms with Gasteiger partial charge >= 0.3 is 0 Å². The van der Waals surface area contributed by atoms with E-state index in [-0.39, 0.29) is 23.7 Å². The van der Waals surface area contributed by atoms with Crippen LogP contribution >= 0.6 is 11.6 Å². The predicted octanol–water partition coefficient (Wildman–Crippen LogP) is 2.00. The fourth-order valence-corrected chi connectivity index (χ4v) is 3.83. The van der Waals surface area contributed by atoms with Gasteiger partial charge < -0.3 is 10.5 Å². The Morgan fingerprint density at radius 2 is 2.15 bits per heavy atom. The van der Waals surface area contributed by atoms with Crippen LogP contribution in [0.15, 0.2) is 29.7 Å². The van der Waals surface area contributed by atoms with E-state index in [1.807, 2.05) is 0 Å². The Labute approximate surface area is 125 Å². The third kappa shape index (κ3) is 3.32. The fourth-order valence-electron chi connectivity index (χ4n) is 1.88. The molecular weight excluding hydrogens is 300 g/mol. The number of halogens is 1. The number of nitrogens with two attached hydrogens (primary N) is 1. The van der Waals surface area contributed by atoms with Crippen LogP contribution in [0.4, 0.5) is 0 Å². The van der Waals surface area contributed by atoms with Gasteiger partial charge in [0, 0.05) is 30.2 Å². The maximum atomic E-state index is 12.7. The molecule has 0 aliphatic carbocycles. The van der Waals surface area contributed by atoms with Crippen LogP contribution in [0, 0.1) is 0 Å². The molecule has 0 saturated heterocycles. The molecule has 0 unspecified atom stereocenters. The minimum atomic E-state index is -3.71. The summed E-state index contributed by atoms with van der Waals surface area (Å²) in [6, 6.07) is 2.98. The molecule has 112 valence electrons. The average molecular weight is 319 g/mol. The normalized spacial score (nSPS) is 11.7. The van der Waals surface area contributed by atoms with Gasteiger partial charge in [0.15, 0.2) is 0 Å². The number of rotatable bonds is 7. The van der Waals surface area contributed by atoms with Gasteiger partial charge in [0.2, 0.25) is 10.0 Å². The number of likely N-dealkylation sites (N-methyl/N-ethyl adjacent to an activating group) is 1. The number of nitrogens with zero attached hydrogens (tertiary/aromatic N) is 1. The van der Waals surface area contributed by atoms with Crippen molar-refractivity contribution in [3.8, 4) is 5.75 Å². The zero-order chi connectivity index (χ0) is 15.3. The minimum absolute atomic E-state index is 0.0247. The summed E-state index contributed by atoms with van der Waals surface area (Å²) in [6.45, 7) is 5.99. The van der Waals surface area contributed by atoms with Gasteiger partial charge in [-0.15, -0.1) is 6.58 Å². The zero-order valence-electron chi connectivity index (χ0n) is 11.6. The van der Waals surface area contributed by atoms with Crippen molar-refractivity contribution in [3.63, 3.8) is 0 Å². The summed E-state index contributed by atoms with van der Waals surface area (Å²) in [5, 5.41) is 0.305. The standard InChI is InChI=1S/C13H19ClN2O3S/c1-4-6-16(5-2)20(17,18)12-8-11(14)7-10(9-15)13(12)19-3/h4,7-8H,1,5-6,9,15H2,2-3H3. The highest BCUT2D eigenvalue weighted by Crippen LogP contribution is 2.33. The first-order chi connectivity index (χ1) is 9.42. The second-order valence-electron chi connectivity index (χ2n) is 4.04. The van der Waals surface area contributed by atoms with Crippen molar-refractivity contribution in [2.45, 2.75) is 18.4 Å². The highest BCUT2D eigenvalue weighted by atomic mass is 35.5. The second-order valence-corrected chi connectivity index (χ2v) is 6.39. The number of hydrogen-bond donors (Lipinski definition) is 1. The van der Waals surface area contributed by atoms with Gasteiger partial charge in [-0.3, -0.25) is 0 Å². The molecular formula is C13H19ClN2O3S. The molecule has 0 aliphatic heterocycles. The molecule has 2 N–H and O–H groups in total. The maximum absolute atomic E-state index is 12.7. The summed E-state index contributed by atoms with van der Waals surface area (Å²) in [7, 11) is -2.31. The molecule has 0 bridgehead atoms. The van der Waals surface area contributed by atoms with Crippen LogP contribution in [-0.4, -0.2) is 32.9 Å². The molecule has 1 aromatic rings. The molecule has 1 aromatic carbocycles. The first-order valence-corrected chi connectivity index (χ1v) is 7.91. The maximum Gasteiger partial charge on any atom is 0.247 e. The molecule has 0 saturated carbocycles. The van der Waals surface area contributed by atoms with Crippen LogP contribution < -0.4 is 10.5 Å². The van der Waals surface area contributed by atoms with Crippen LogP contribution in [-0.2, 0) is 16.6 Å². The Bertz CT molecular complexity index is 588. The molecule has 20 heavy (non-hydrogen) atoms. The molecule has 1 rings (SSSR count). The van der Waals surface area contributed by atoms with E-state index >= 15 is 0 Å². The van der Waals surface area contributed by atoms with Crippen LogP contribution in [0.5, 0.6) is 5.75 Å². The lowest BCUT2D eigenvalue weighted by atomic mass is 10.2. The third-order valence-electron chi connectivity index (χ3n) is 2.82. The van der Waals surface area contributed by atoms with E-state index in [4.69, 9.17) is 22.1 Å². The minimum Gasteiger partial charge on any atom is -0.495 e. The van der Waals surface area contributed by atoms with Crippen molar-refractivity contribution in [3.05, 3.63) is 35.4 Å². The highest BCUT2D eigenvalue weighted by Gasteiger charge is 2.27. The first kappa shape index (κ1) is 17.0. The summed E-state index contributed by atoms with van der Waals surface area (Å²) in [4.78, 5) is 0.0247. The first-order valence-electron chi connectivity index (χ1n) is 6.09. The van der Waals surface area contributed by atoms with Gasteiger partial charge in [-0.1, -0.05) is 24.6 Å². The molecule has 0 atom stereocenters. The van der Waals surface area contributed by atoms with Gasteiger partial charge in [0.1, 0.15) is 10.6 Å². The molecule has 0 heterocycles. The molecule has 7 heteroatoms. The smallest absolute Gasteiger partial charge is 0.247 e. The van der Waals surface area contributed by atoms with Crippen molar-refractivity contribution in [2.24, 2.45) is 5.73 Å². The number of benzene rings is 1. The molecule has 0 spiro atoms. The lowest BCUT2D eigenvalue weighted by Gasteiger charge is -2.21. The molecule has 0 amide bonds. The predicted molar refractivity (Wildman–Crippen MR) is 80.5 cm³/mol. The molecule has 0 aliphatic rings.